The summed E-state index contributed by atoms with van der Waals surface area (Å²) in [4.78, 5) is 10.8. The second kappa shape index (κ2) is 12.9. The Morgan fingerprint density at radius 1 is 1.00 bits per heavy atom. The summed E-state index contributed by atoms with van der Waals surface area (Å²) in [5.41, 5.74) is 2.28. The molecule has 0 bridgehead atoms. The predicted octanol–water partition coefficient (Wildman–Crippen LogP) is 6.26. The molecule has 2 nitrogen and oxygen atoms in total. The van der Waals surface area contributed by atoms with E-state index in [-0.39, 0.29) is 19.3 Å². The Bertz CT molecular complexity index is 744. The Labute approximate surface area is 170 Å². The Morgan fingerprint density at radius 3 is 2.23 bits per heavy atom. The zero-order valence-electron chi connectivity index (χ0n) is 17.9. The molecule has 0 aliphatic rings. The third kappa shape index (κ3) is 9.35. The summed E-state index contributed by atoms with van der Waals surface area (Å²) in [6, 6.07) is 19.9. The largest absolute Gasteiger partial charge is 0.481 e. The minimum Gasteiger partial charge on any atom is -0.481 e. The Kier molecular flexibility index (Phi) is 8.30. The first kappa shape index (κ1) is 16.8. The number of carboxylic acids is 1. The molecular formula is C22H28O2S2. The van der Waals surface area contributed by atoms with Crippen molar-refractivity contribution in [2.24, 2.45) is 0 Å². The van der Waals surface area contributed by atoms with E-state index in [4.69, 9.17) is 9.22 Å². The van der Waals surface area contributed by atoms with Gasteiger partial charge in [0.05, 0.1) is 0 Å². The fourth-order valence-corrected chi connectivity index (χ4v) is 4.39. The summed E-state index contributed by atoms with van der Waals surface area (Å²) in [6.07, 6.45) is -1.11. The number of carboxylic acid groups (broad SMARTS) is 1. The van der Waals surface area contributed by atoms with Crippen molar-refractivity contribution in [3.8, 4) is 0 Å². The molecule has 0 fully saturated rings. The summed E-state index contributed by atoms with van der Waals surface area (Å²) in [7, 11) is 0. The van der Waals surface area contributed by atoms with Crippen molar-refractivity contribution >= 4 is 29.5 Å². The quantitative estimate of drug-likeness (QED) is 0.409. The van der Waals surface area contributed by atoms with E-state index in [2.05, 4.69) is 12.1 Å². The van der Waals surface area contributed by atoms with Gasteiger partial charge in [0.2, 0.25) is 0 Å². The fourth-order valence-electron chi connectivity index (χ4n) is 2.35. The zero-order valence-corrected chi connectivity index (χ0v) is 16.5. The average molecular weight is 392 g/mol. The maximum absolute atomic E-state index is 10.8. The van der Waals surface area contributed by atoms with Crippen LogP contribution in [0, 0.1) is 0 Å². The standard InChI is InChI=1S/C22H28O2S2/c23-22(24)14-8-7-13-21(26-18-20-11-5-2-6-12-20)15-16-25-17-19-9-3-1-4-10-19/h1-6,9-12,21H,7-8,13-18H2,(H,23,24)/i13D2,21D. The summed E-state index contributed by atoms with van der Waals surface area (Å²) >= 11 is 3.03. The van der Waals surface area contributed by atoms with Crippen LogP contribution in [0.25, 0.3) is 0 Å². The number of aliphatic carboxylic acids is 1. The highest BCUT2D eigenvalue weighted by Gasteiger charge is 2.10. The van der Waals surface area contributed by atoms with Crippen LogP contribution in [0.15, 0.2) is 60.7 Å². The number of thioether (sulfide) groups is 2. The van der Waals surface area contributed by atoms with Gasteiger partial charge < -0.3 is 5.11 Å². The molecule has 140 valence electrons. The maximum atomic E-state index is 10.8. The fraction of sp³-hybridized carbons (Fsp3) is 0.409. The highest BCUT2D eigenvalue weighted by molar-refractivity contribution is 7.99. The monoisotopic (exact) mass is 391 g/mol. The van der Waals surface area contributed by atoms with Gasteiger partial charge in [0.1, 0.15) is 0 Å². The van der Waals surface area contributed by atoms with E-state index in [1.54, 1.807) is 11.8 Å². The molecule has 0 aromatic heterocycles. The van der Waals surface area contributed by atoms with Crippen molar-refractivity contribution in [2.45, 2.75) is 48.8 Å². The van der Waals surface area contributed by atoms with Crippen molar-refractivity contribution < 1.29 is 14.0 Å². The van der Waals surface area contributed by atoms with Crippen molar-refractivity contribution in [3.05, 3.63) is 71.8 Å². The minimum atomic E-state index is -1.77. The van der Waals surface area contributed by atoms with Crippen LogP contribution >= 0.6 is 23.5 Å². The van der Waals surface area contributed by atoms with Crippen LogP contribution in [0.1, 0.15) is 47.3 Å². The summed E-state index contributed by atoms with van der Waals surface area (Å²) in [5.74, 6) is 1.15. The Balaban J connectivity index is 1.99. The van der Waals surface area contributed by atoms with Gasteiger partial charge in [0.25, 0.3) is 0 Å². The summed E-state index contributed by atoms with van der Waals surface area (Å²) in [5, 5.41) is 7.54. The molecule has 0 radical (unpaired) electrons. The van der Waals surface area contributed by atoms with Gasteiger partial charge in [-0.05, 0) is 36.1 Å². The van der Waals surface area contributed by atoms with Crippen LogP contribution in [0.3, 0.4) is 0 Å². The molecule has 2 rings (SSSR count). The van der Waals surface area contributed by atoms with E-state index in [9.17, 15) is 4.79 Å². The molecule has 1 atom stereocenters. The Morgan fingerprint density at radius 2 is 1.62 bits per heavy atom. The van der Waals surface area contributed by atoms with Gasteiger partial charge in [0, 0.05) is 27.3 Å². The van der Waals surface area contributed by atoms with E-state index < -0.39 is 17.6 Å². The lowest BCUT2D eigenvalue weighted by Crippen LogP contribution is -2.06. The Hall–Kier alpha value is -1.39. The van der Waals surface area contributed by atoms with Crippen LogP contribution < -0.4 is 0 Å². The summed E-state index contributed by atoms with van der Waals surface area (Å²) in [6.45, 7) is 0. The number of rotatable bonds is 13. The maximum Gasteiger partial charge on any atom is 0.303 e. The smallest absolute Gasteiger partial charge is 0.303 e. The van der Waals surface area contributed by atoms with Gasteiger partial charge in [-0.25, -0.2) is 0 Å². The lowest BCUT2D eigenvalue weighted by molar-refractivity contribution is -0.137. The van der Waals surface area contributed by atoms with Crippen molar-refractivity contribution in [2.75, 3.05) is 5.75 Å². The topological polar surface area (TPSA) is 37.3 Å². The molecule has 0 saturated carbocycles. The molecule has 0 amide bonds. The highest BCUT2D eigenvalue weighted by atomic mass is 32.2. The first-order valence-corrected chi connectivity index (χ1v) is 11.0. The van der Waals surface area contributed by atoms with Gasteiger partial charge in [0.15, 0.2) is 0 Å². The van der Waals surface area contributed by atoms with Crippen molar-refractivity contribution in [3.63, 3.8) is 0 Å². The SMILES string of the molecule is [2H]C([2H])(CCCC(=O)O)C([2H])(CCSCc1ccccc1)SCc1ccccc1. The molecule has 1 N–H and O–H groups in total. The molecule has 1 unspecified atom stereocenters. The molecule has 2 aromatic carbocycles. The van der Waals surface area contributed by atoms with E-state index in [0.717, 1.165) is 11.3 Å². The average Bonchev–Trinajstić information content (AvgIpc) is 2.71. The molecule has 0 heterocycles. The molecule has 0 spiro atoms. The molecule has 0 aliphatic heterocycles. The molecule has 2 aromatic rings. The lowest BCUT2D eigenvalue weighted by Gasteiger charge is -2.16. The molecule has 26 heavy (non-hydrogen) atoms. The molecule has 0 aliphatic carbocycles. The first-order chi connectivity index (χ1) is 13.8. The van der Waals surface area contributed by atoms with E-state index in [1.807, 2.05) is 48.5 Å². The molecular weight excluding hydrogens is 360 g/mol. The van der Waals surface area contributed by atoms with E-state index in [1.165, 1.54) is 17.3 Å². The number of benzene rings is 2. The molecule has 0 saturated heterocycles. The van der Waals surface area contributed by atoms with Gasteiger partial charge in [-0.3, -0.25) is 4.79 Å². The van der Waals surface area contributed by atoms with E-state index >= 15 is 0 Å². The normalized spacial score (nSPS) is 15.5. The minimum absolute atomic E-state index is 0.0678. The number of hydrogen-bond acceptors (Lipinski definition) is 3. The van der Waals surface area contributed by atoms with Crippen molar-refractivity contribution in [1.29, 1.82) is 0 Å². The van der Waals surface area contributed by atoms with Crippen LogP contribution in [0.5, 0.6) is 0 Å². The third-order valence-corrected chi connectivity index (χ3v) is 5.94. The first-order valence-electron chi connectivity index (χ1n) is 10.3. The van der Waals surface area contributed by atoms with Gasteiger partial charge in [-0.1, -0.05) is 67.1 Å². The number of carbonyl (C=O) groups is 1. The second-order valence-electron chi connectivity index (χ2n) is 5.91. The second-order valence-corrected chi connectivity index (χ2v) is 8.09. The highest BCUT2D eigenvalue weighted by Crippen LogP contribution is 2.27. The predicted molar refractivity (Wildman–Crippen MR) is 115 cm³/mol. The lowest BCUT2D eigenvalue weighted by atomic mass is 10.1. The van der Waals surface area contributed by atoms with E-state index in [0.29, 0.717) is 17.9 Å². The van der Waals surface area contributed by atoms with Crippen molar-refractivity contribution in [1.82, 2.24) is 0 Å². The summed E-state index contributed by atoms with van der Waals surface area (Å²) < 4.78 is 26.1. The third-order valence-electron chi connectivity index (χ3n) is 3.73. The van der Waals surface area contributed by atoms with Gasteiger partial charge >= 0.3 is 5.97 Å². The van der Waals surface area contributed by atoms with Crippen LogP contribution in [0.2, 0.25) is 0 Å². The van der Waals surface area contributed by atoms with Gasteiger partial charge in [-0.2, -0.15) is 23.5 Å². The van der Waals surface area contributed by atoms with Crippen LogP contribution in [-0.2, 0) is 16.3 Å². The van der Waals surface area contributed by atoms with Gasteiger partial charge in [-0.15, -0.1) is 0 Å². The number of hydrogen-bond donors (Lipinski definition) is 1. The van der Waals surface area contributed by atoms with Crippen LogP contribution in [0.4, 0.5) is 0 Å². The van der Waals surface area contributed by atoms with Crippen LogP contribution in [-0.4, -0.2) is 22.1 Å². The molecule has 4 heteroatoms. The zero-order chi connectivity index (χ0) is 21.2.